The minimum Gasteiger partial charge on any atom is -0.463 e. The molecule has 0 radical (unpaired) electrons. The Kier molecular flexibility index (Phi) is 8.99. The normalized spacial score (nSPS) is 20.9. The van der Waals surface area contributed by atoms with Crippen LogP contribution >= 0.6 is 0 Å². The molecule has 1 aromatic carbocycles. The van der Waals surface area contributed by atoms with Crippen LogP contribution in [0.5, 0.6) is 6.01 Å². The fraction of sp³-hybridized carbons (Fsp3) is 0.562. The van der Waals surface area contributed by atoms with Gasteiger partial charge in [-0.15, -0.1) is 0 Å². The summed E-state index contributed by atoms with van der Waals surface area (Å²) in [6.07, 6.45) is -1.98. The Morgan fingerprint density at radius 3 is 2.60 bits per heavy atom. The molecule has 2 fully saturated rings. The molecule has 3 heterocycles. The van der Waals surface area contributed by atoms with Crippen molar-refractivity contribution in [3.8, 4) is 12.1 Å². The van der Waals surface area contributed by atoms with E-state index in [1.165, 1.54) is 17.9 Å². The lowest BCUT2D eigenvalue weighted by atomic mass is 9.95. The zero-order chi connectivity index (χ0) is 32.7. The van der Waals surface area contributed by atoms with Crippen molar-refractivity contribution in [3.05, 3.63) is 53.0 Å². The van der Waals surface area contributed by atoms with Gasteiger partial charge in [-0.25, -0.2) is 4.39 Å². The lowest BCUT2D eigenvalue weighted by Gasteiger charge is -2.43. The number of amides is 1. The topological polar surface area (TPSA) is 88.8 Å². The second-order valence-corrected chi connectivity index (χ2v) is 12.8. The van der Waals surface area contributed by atoms with Gasteiger partial charge in [0.1, 0.15) is 5.82 Å². The highest BCUT2D eigenvalue weighted by Gasteiger charge is 2.44. The van der Waals surface area contributed by atoms with Gasteiger partial charge in [0.25, 0.3) is 5.91 Å². The Hall–Kier alpha value is -3.92. The minimum absolute atomic E-state index is 0.00178. The molecule has 1 aliphatic carbocycles. The van der Waals surface area contributed by atoms with Gasteiger partial charge in [-0.3, -0.25) is 4.79 Å². The monoisotopic (exact) mass is 629 g/mol. The predicted molar refractivity (Wildman–Crippen MR) is 161 cm³/mol. The number of anilines is 2. The largest absolute Gasteiger partial charge is 0.463 e. The van der Waals surface area contributed by atoms with E-state index in [4.69, 9.17) is 14.7 Å². The molecule has 9 nitrogen and oxygen atoms in total. The first-order valence-corrected chi connectivity index (χ1v) is 15.1. The van der Waals surface area contributed by atoms with Crippen LogP contribution in [-0.2, 0) is 23.9 Å². The lowest BCUT2D eigenvalue weighted by molar-refractivity contribution is -0.138. The van der Waals surface area contributed by atoms with Crippen molar-refractivity contribution in [3.63, 3.8) is 0 Å². The van der Waals surface area contributed by atoms with Gasteiger partial charge in [-0.1, -0.05) is 12.6 Å². The first-order valence-electron chi connectivity index (χ1n) is 15.1. The molecule has 1 saturated heterocycles. The summed E-state index contributed by atoms with van der Waals surface area (Å²) in [6.45, 7) is 8.85. The maximum absolute atomic E-state index is 13.8. The molecule has 242 valence electrons. The van der Waals surface area contributed by atoms with Crippen molar-refractivity contribution in [1.82, 2.24) is 19.8 Å². The Morgan fingerprint density at radius 2 is 1.98 bits per heavy atom. The molecule has 1 aromatic heterocycles. The van der Waals surface area contributed by atoms with Crippen LogP contribution < -0.4 is 14.5 Å². The molecule has 0 spiro atoms. The molecule has 1 amide bonds. The number of hydrogen-bond acceptors (Lipinski definition) is 8. The highest BCUT2D eigenvalue weighted by atomic mass is 19.4. The van der Waals surface area contributed by atoms with E-state index in [0.29, 0.717) is 36.8 Å². The van der Waals surface area contributed by atoms with Crippen molar-refractivity contribution >= 4 is 17.4 Å². The quantitative estimate of drug-likeness (QED) is 0.286. The number of aromatic nitrogens is 2. The Bertz CT molecular complexity index is 1500. The van der Waals surface area contributed by atoms with E-state index >= 15 is 0 Å². The molecule has 2 atom stereocenters. The second-order valence-electron chi connectivity index (χ2n) is 12.8. The highest BCUT2D eigenvalue weighted by Crippen LogP contribution is 2.46. The minimum atomic E-state index is -4.48. The SMILES string of the molecule is C=C(F)C(=O)N1CCN(c2nc(OCC3(CN(C)C)CC3)nc3c2C[C@H](C)N(c2cccc(C(F)(F)F)c2C)C3)CC1CC#N. The number of halogens is 4. The molecule has 0 N–H and O–H groups in total. The summed E-state index contributed by atoms with van der Waals surface area (Å²) >= 11 is 0. The van der Waals surface area contributed by atoms with E-state index in [-0.39, 0.29) is 49.1 Å². The van der Waals surface area contributed by atoms with Crippen molar-refractivity contribution in [2.75, 3.05) is 56.7 Å². The third-order valence-corrected chi connectivity index (χ3v) is 9.04. The van der Waals surface area contributed by atoms with Crippen LogP contribution in [0.15, 0.2) is 30.6 Å². The van der Waals surface area contributed by atoms with Gasteiger partial charge in [0.2, 0.25) is 0 Å². The Labute approximate surface area is 261 Å². The molecule has 2 aromatic rings. The average molecular weight is 630 g/mol. The summed E-state index contributed by atoms with van der Waals surface area (Å²) in [5, 5.41) is 9.48. The van der Waals surface area contributed by atoms with Gasteiger partial charge < -0.3 is 24.3 Å². The summed E-state index contributed by atoms with van der Waals surface area (Å²) in [6, 6.07) is 5.72. The summed E-state index contributed by atoms with van der Waals surface area (Å²) in [7, 11) is 4.03. The fourth-order valence-corrected chi connectivity index (χ4v) is 6.61. The van der Waals surface area contributed by atoms with Crippen LogP contribution in [0, 0.1) is 23.7 Å². The molecule has 1 unspecified atom stereocenters. The van der Waals surface area contributed by atoms with Crippen molar-refractivity contribution < 1.29 is 27.1 Å². The summed E-state index contributed by atoms with van der Waals surface area (Å²) in [4.78, 5) is 29.5. The molecule has 13 heteroatoms. The van der Waals surface area contributed by atoms with Gasteiger partial charge in [-0.2, -0.15) is 28.4 Å². The predicted octanol–water partition coefficient (Wildman–Crippen LogP) is 4.89. The summed E-state index contributed by atoms with van der Waals surface area (Å²) < 4.78 is 61.4. The first kappa shape index (κ1) is 32.5. The number of piperazine rings is 1. The fourth-order valence-electron chi connectivity index (χ4n) is 6.61. The van der Waals surface area contributed by atoms with E-state index in [2.05, 4.69) is 17.5 Å². The highest BCUT2D eigenvalue weighted by molar-refractivity contribution is 5.91. The maximum Gasteiger partial charge on any atom is 0.416 e. The van der Waals surface area contributed by atoms with Crippen molar-refractivity contribution in [1.29, 1.82) is 5.26 Å². The molecule has 2 aliphatic heterocycles. The van der Waals surface area contributed by atoms with E-state index in [1.54, 1.807) is 6.07 Å². The third kappa shape index (κ3) is 6.85. The number of rotatable bonds is 9. The van der Waals surface area contributed by atoms with E-state index < -0.39 is 29.5 Å². The Balaban J connectivity index is 1.51. The zero-order valence-electron chi connectivity index (χ0n) is 26.1. The molecule has 1 saturated carbocycles. The van der Waals surface area contributed by atoms with Crippen LogP contribution in [0.4, 0.5) is 29.1 Å². The molecule has 5 rings (SSSR count). The lowest BCUT2D eigenvalue weighted by Crippen LogP contribution is -2.56. The molecule has 45 heavy (non-hydrogen) atoms. The van der Waals surface area contributed by atoms with Crippen LogP contribution in [0.1, 0.15) is 48.6 Å². The third-order valence-electron chi connectivity index (χ3n) is 9.04. The van der Waals surface area contributed by atoms with Crippen LogP contribution in [0.2, 0.25) is 0 Å². The van der Waals surface area contributed by atoms with Crippen LogP contribution in [0.25, 0.3) is 0 Å². The van der Waals surface area contributed by atoms with Crippen LogP contribution in [-0.4, -0.2) is 84.6 Å². The zero-order valence-corrected chi connectivity index (χ0v) is 26.1. The number of hydrogen-bond donors (Lipinski definition) is 0. The van der Waals surface area contributed by atoms with Crippen molar-refractivity contribution in [2.24, 2.45) is 5.41 Å². The number of carbonyl (C=O) groups excluding carboxylic acids is 1. The number of alkyl halides is 3. The van der Waals surface area contributed by atoms with Gasteiger partial charge in [0.05, 0.1) is 42.9 Å². The van der Waals surface area contributed by atoms with E-state index in [9.17, 15) is 27.6 Å². The standard InChI is InChI=1S/C32H39F4N7O2/c1-20-15-24-26(17-43(20)27-8-6-7-25(21(27)2)32(34,35)36)38-30(45-19-31(10-11-31)18-40(4)5)39-28(24)41-13-14-42(29(44)22(3)33)23(16-41)9-12-37/h6-8,20,23H,3,9-11,13-19H2,1-2,4-5H3/t20-,23?/m0/s1. The van der Waals surface area contributed by atoms with Gasteiger partial charge >= 0.3 is 12.2 Å². The smallest absolute Gasteiger partial charge is 0.416 e. The van der Waals surface area contributed by atoms with Gasteiger partial charge in [-0.05, 0) is 64.9 Å². The van der Waals surface area contributed by atoms with Crippen molar-refractivity contribution in [2.45, 2.75) is 64.3 Å². The number of fused-ring (bicyclic) bond motifs is 1. The van der Waals surface area contributed by atoms with E-state index in [0.717, 1.165) is 31.0 Å². The average Bonchev–Trinajstić information content (AvgIpc) is 3.73. The Morgan fingerprint density at radius 1 is 1.24 bits per heavy atom. The summed E-state index contributed by atoms with van der Waals surface area (Å²) in [5.74, 6) is -1.30. The number of nitrogens with zero attached hydrogens (tertiary/aromatic N) is 7. The van der Waals surface area contributed by atoms with E-state index in [1.807, 2.05) is 30.8 Å². The van der Waals surface area contributed by atoms with Gasteiger partial charge in [0.15, 0.2) is 5.83 Å². The molecular weight excluding hydrogens is 590 g/mol. The maximum atomic E-state index is 13.8. The van der Waals surface area contributed by atoms with Crippen LogP contribution in [0.3, 0.4) is 0 Å². The number of carbonyl (C=O) groups is 1. The first-order chi connectivity index (χ1) is 21.2. The van der Waals surface area contributed by atoms with Gasteiger partial charge in [0, 0.05) is 48.9 Å². The molecule has 0 bridgehead atoms. The number of nitriles is 1. The molecular formula is C32H39F4N7O2. The summed E-state index contributed by atoms with van der Waals surface area (Å²) in [5.41, 5.74) is 1.47. The number of ether oxygens (including phenoxy) is 1. The number of benzene rings is 1. The molecule has 3 aliphatic rings. The second kappa shape index (κ2) is 12.5.